The number of rotatable bonds is 6. The lowest BCUT2D eigenvalue weighted by Crippen LogP contribution is -2.28. The van der Waals surface area contributed by atoms with Crippen molar-refractivity contribution in [2.24, 2.45) is 5.92 Å². The van der Waals surface area contributed by atoms with E-state index in [-0.39, 0.29) is 5.75 Å². The summed E-state index contributed by atoms with van der Waals surface area (Å²) in [5.41, 5.74) is -5.49. The lowest BCUT2D eigenvalue weighted by Gasteiger charge is -2.10. The first-order valence-corrected chi connectivity index (χ1v) is 7.89. The fraction of sp³-hybridized carbons (Fsp3) is 0.364. The standard InChI is InChI=1S/C11H11F3O5S2/c1-7(10(15)16)6-20-9-4-2-8(3-5-9)19-21(17,18)11(12,13)14/h2-5,7H,6H2,1H3,(H,15,16). The van der Waals surface area contributed by atoms with Crippen molar-refractivity contribution >= 4 is 27.8 Å². The quantitative estimate of drug-likeness (QED) is 0.485. The molecule has 1 N–H and O–H groups in total. The van der Waals surface area contributed by atoms with E-state index in [2.05, 4.69) is 4.18 Å². The highest BCUT2D eigenvalue weighted by atomic mass is 32.2. The van der Waals surface area contributed by atoms with Crippen LogP contribution in [0, 0.1) is 5.92 Å². The Balaban J connectivity index is 2.69. The van der Waals surface area contributed by atoms with E-state index in [0.717, 1.165) is 12.1 Å². The van der Waals surface area contributed by atoms with Crippen molar-refractivity contribution in [2.75, 3.05) is 5.75 Å². The molecule has 0 saturated carbocycles. The molecular formula is C11H11F3O5S2. The zero-order valence-corrected chi connectivity index (χ0v) is 12.3. The van der Waals surface area contributed by atoms with Gasteiger partial charge in [-0.15, -0.1) is 11.8 Å². The summed E-state index contributed by atoms with van der Waals surface area (Å²) in [4.78, 5) is 11.2. The minimum atomic E-state index is -5.69. The molecule has 1 aromatic rings. The summed E-state index contributed by atoms with van der Waals surface area (Å²) in [5.74, 6) is -1.74. The molecule has 21 heavy (non-hydrogen) atoms. The second-order valence-corrected chi connectivity index (χ2v) is 6.64. The Morgan fingerprint density at radius 2 is 1.86 bits per heavy atom. The lowest BCUT2D eigenvalue weighted by molar-refractivity contribution is -0.140. The third-order valence-corrected chi connectivity index (χ3v) is 4.49. The highest BCUT2D eigenvalue weighted by Crippen LogP contribution is 2.28. The lowest BCUT2D eigenvalue weighted by atomic mass is 10.2. The molecule has 0 aliphatic rings. The number of carboxylic acid groups (broad SMARTS) is 1. The van der Waals surface area contributed by atoms with Crippen LogP contribution < -0.4 is 4.18 Å². The Labute approximate surface area is 123 Å². The first kappa shape index (κ1) is 17.6. The van der Waals surface area contributed by atoms with E-state index in [0.29, 0.717) is 4.90 Å². The molecule has 1 rings (SSSR count). The minimum absolute atomic E-state index is 0.274. The summed E-state index contributed by atoms with van der Waals surface area (Å²) in [6.45, 7) is 1.52. The van der Waals surface area contributed by atoms with Crippen molar-refractivity contribution in [3.8, 4) is 5.75 Å². The highest BCUT2D eigenvalue weighted by Gasteiger charge is 2.48. The summed E-state index contributed by atoms with van der Waals surface area (Å²) in [5, 5.41) is 8.70. The van der Waals surface area contributed by atoms with Crippen LogP contribution in [0.5, 0.6) is 5.75 Å². The van der Waals surface area contributed by atoms with Crippen LogP contribution in [0.1, 0.15) is 6.92 Å². The Bertz CT molecular complexity index is 595. The Morgan fingerprint density at radius 3 is 2.29 bits per heavy atom. The minimum Gasteiger partial charge on any atom is -0.481 e. The number of carboxylic acids is 1. The normalized spacial score (nSPS) is 13.7. The largest absolute Gasteiger partial charge is 0.534 e. The Hall–Kier alpha value is -1.42. The van der Waals surface area contributed by atoms with E-state index < -0.39 is 33.3 Å². The van der Waals surface area contributed by atoms with Gasteiger partial charge in [-0.3, -0.25) is 4.79 Å². The molecule has 0 radical (unpaired) electrons. The first-order valence-electron chi connectivity index (χ1n) is 5.49. The molecule has 0 aliphatic heterocycles. The van der Waals surface area contributed by atoms with Gasteiger partial charge in [0.25, 0.3) is 0 Å². The van der Waals surface area contributed by atoms with E-state index in [9.17, 15) is 26.4 Å². The fourth-order valence-electron chi connectivity index (χ4n) is 1.06. The average Bonchev–Trinajstić information content (AvgIpc) is 2.35. The van der Waals surface area contributed by atoms with Gasteiger partial charge in [-0.1, -0.05) is 6.92 Å². The van der Waals surface area contributed by atoms with Gasteiger partial charge in [0.05, 0.1) is 5.92 Å². The number of alkyl halides is 3. The highest BCUT2D eigenvalue weighted by molar-refractivity contribution is 7.99. The van der Waals surface area contributed by atoms with Gasteiger partial charge < -0.3 is 9.29 Å². The van der Waals surface area contributed by atoms with Crippen LogP contribution in [-0.4, -0.2) is 30.8 Å². The fourth-order valence-corrected chi connectivity index (χ4v) is 2.43. The van der Waals surface area contributed by atoms with E-state index in [1.165, 1.54) is 30.8 Å². The number of halogens is 3. The van der Waals surface area contributed by atoms with Gasteiger partial charge in [-0.2, -0.15) is 21.6 Å². The molecule has 0 bridgehead atoms. The van der Waals surface area contributed by atoms with Crippen LogP contribution in [0.15, 0.2) is 29.2 Å². The van der Waals surface area contributed by atoms with E-state index in [1.54, 1.807) is 0 Å². The first-order chi connectivity index (χ1) is 9.53. The topological polar surface area (TPSA) is 80.7 Å². The molecule has 1 atom stereocenters. The number of benzene rings is 1. The zero-order chi connectivity index (χ0) is 16.3. The summed E-state index contributed by atoms with van der Waals surface area (Å²) >= 11 is 1.18. The molecule has 0 fully saturated rings. The van der Waals surface area contributed by atoms with Crippen LogP contribution >= 0.6 is 11.8 Å². The van der Waals surface area contributed by atoms with E-state index in [4.69, 9.17) is 5.11 Å². The second kappa shape index (κ2) is 6.56. The molecule has 0 heterocycles. The van der Waals surface area contributed by atoms with Gasteiger partial charge in [-0.25, -0.2) is 0 Å². The zero-order valence-electron chi connectivity index (χ0n) is 10.6. The number of thioether (sulfide) groups is 1. The Kier molecular flexibility index (Phi) is 5.51. The number of aliphatic carboxylic acids is 1. The third-order valence-electron chi connectivity index (χ3n) is 2.23. The summed E-state index contributed by atoms with van der Waals surface area (Å²) in [6.07, 6.45) is 0. The van der Waals surface area contributed by atoms with Gasteiger partial charge >= 0.3 is 21.6 Å². The maximum absolute atomic E-state index is 12.1. The molecule has 0 spiro atoms. The second-order valence-electron chi connectivity index (χ2n) is 4.00. The van der Waals surface area contributed by atoms with Gasteiger partial charge in [0, 0.05) is 10.6 Å². The maximum Gasteiger partial charge on any atom is 0.534 e. The van der Waals surface area contributed by atoms with Crippen LogP contribution in [-0.2, 0) is 14.9 Å². The third kappa shape index (κ3) is 5.12. The Morgan fingerprint density at radius 1 is 1.33 bits per heavy atom. The molecule has 0 amide bonds. The maximum atomic E-state index is 12.1. The molecule has 118 valence electrons. The number of hydrogen-bond donors (Lipinski definition) is 1. The van der Waals surface area contributed by atoms with Crippen LogP contribution in [0.4, 0.5) is 13.2 Å². The summed E-state index contributed by atoms with van der Waals surface area (Å²) < 4.78 is 61.8. The van der Waals surface area contributed by atoms with Crippen LogP contribution in [0.2, 0.25) is 0 Å². The van der Waals surface area contributed by atoms with Crippen molar-refractivity contribution in [1.82, 2.24) is 0 Å². The van der Waals surface area contributed by atoms with E-state index >= 15 is 0 Å². The predicted octanol–water partition coefficient (Wildman–Crippen LogP) is 2.73. The van der Waals surface area contributed by atoms with Crippen LogP contribution in [0.25, 0.3) is 0 Å². The van der Waals surface area contributed by atoms with Crippen molar-refractivity contribution in [3.63, 3.8) is 0 Å². The molecule has 1 unspecified atom stereocenters. The van der Waals surface area contributed by atoms with Gasteiger partial charge in [-0.05, 0) is 24.3 Å². The molecule has 1 aromatic carbocycles. The molecule has 5 nitrogen and oxygen atoms in total. The van der Waals surface area contributed by atoms with Gasteiger partial charge in [0.15, 0.2) is 0 Å². The van der Waals surface area contributed by atoms with Crippen molar-refractivity contribution in [1.29, 1.82) is 0 Å². The number of carbonyl (C=O) groups is 1. The predicted molar refractivity (Wildman–Crippen MR) is 69.6 cm³/mol. The number of hydrogen-bond acceptors (Lipinski definition) is 5. The summed E-state index contributed by atoms with van der Waals surface area (Å²) in [7, 11) is -5.69. The molecule has 0 saturated heterocycles. The van der Waals surface area contributed by atoms with Crippen molar-refractivity contribution in [2.45, 2.75) is 17.3 Å². The van der Waals surface area contributed by atoms with Gasteiger partial charge in [0.1, 0.15) is 5.75 Å². The van der Waals surface area contributed by atoms with Crippen molar-refractivity contribution in [3.05, 3.63) is 24.3 Å². The molecular weight excluding hydrogens is 333 g/mol. The monoisotopic (exact) mass is 344 g/mol. The van der Waals surface area contributed by atoms with Crippen molar-refractivity contribution < 1.29 is 35.7 Å². The van der Waals surface area contributed by atoms with Crippen LogP contribution in [0.3, 0.4) is 0 Å². The molecule has 0 aliphatic carbocycles. The SMILES string of the molecule is CC(CSc1ccc(OS(=O)(=O)C(F)(F)F)cc1)C(=O)O. The smallest absolute Gasteiger partial charge is 0.481 e. The molecule has 10 heteroatoms. The molecule has 0 aromatic heterocycles. The van der Waals surface area contributed by atoms with E-state index in [1.807, 2.05) is 0 Å². The summed E-state index contributed by atoms with van der Waals surface area (Å²) in [6, 6.07) is 4.83. The van der Waals surface area contributed by atoms with Gasteiger partial charge in [0.2, 0.25) is 0 Å². The average molecular weight is 344 g/mol.